The molecule has 0 aliphatic carbocycles. The van der Waals surface area contributed by atoms with Gasteiger partial charge in [0, 0.05) is 18.5 Å². The summed E-state index contributed by atoms with van der Waals surface area (Å²) in [6, 6.07) is 11.0. The number of carbonyl (C=O) groups is 2. The number of halogens is 3. The third kappa shape index (κ3) is 6.00. The van der Waals surface area contributed by atoms with E-state index in [-0.39, 0.29) is 25.1 Å². The van der Waals surface area contributed by atoms with E-state index in [9.17, 15) is 22.8 Å². The second kappa shape index (κ2) is 10.0. The van der Waals surface area contributed by atoms with Gasteiger partial charge in [-0.25, -0.2) is 9.59 Å². The Hall–Kier alpha value is -3.07. The number of urea groups is 1. The van der Waals surface area contributed by atoms with Crippen molar-refractivity contribution >= 4 is 12.0 Å². The molecule has 32 heavy (non-hydrogen) atoms. The third-order valence-corrected chi connectivity index (χ3v) is 5.67. The molecular formula is C23H26F3N3O3. The topological polar surface area (TPSA) is 84.7 Å². The fourth-order valence-corrected chi connectivity index (χ4v) is 4.04. The van der Waals surface area contributed by atoms with E-state index in [0.29, 0.717) is 5.56 Å². The van der Waals surface area contributed by atoms with Gasteiger partial charge in [-0.05, 0) is 61.8 Å². The number of piperidine rings is 1. The van der Waals surface area contributed by atoms with Crippen molar-refractivity contribution in [1.82, 2.24) is 10.2 Å². The van der Waals surface area contributed by atoms with Crippen LogP contribution >= 0.6 is 0 Å². The van der Waals surface area contributed by atoms with Crippen LogP contribution < -0.4 is 11.1 Å². The van der Waals surface area contributed by atoms with E-state index in [0.717, 1.165) is 42.6 Å². The average Bonchev–Trinajstić information content (AvgIpc) is 2.76. The van der Waals surface area contributed by atoms with Crippen molar-refractivity contribution in [2.24, 2.45) is 11.7 Å². The minimum Gasteiger partial charge on any atom is -0.462 e. The first-order valence-corrected chi connectivity index (χ1v) is 10.3. The Labute approximate surface area is 184 Å². The lowest BCUT2D eigenvalue weighted by molar-refractivity contribution is -0.137. The summed E-state index contributed by atoms with van der Waals surface area (Å²) in [5, 5.41) is 2.47. The molecule has 2 aromatic carbocycles. The summed E-state index contributed by atoms with van der Waals surface area (Å²) in [5.41, 5.74) is 6.29. The Morgan fingerprint density at radius 2 is 1.78 bits per heavy atom. The van der Waals surface area contributed by atoms with Gasteiger partial charge in [0.25, 0.3) is 0 Å². The molecule has 1 fully saturated rings. The van der Waals surface area contributed by atoms with E-state index < -0.39 is 23.7 Å². The van der Waals surface area contributed by atoms with Gasteiger partial charge in [-0.15, -0.1) is 0 Å². The Bertz CT molecular complexity index is 930. The van der Waals surface area contributed by atoms with E-state index in [4.69, 9.17) is 10.5 Å². The Morgan fingerprint density at radius 3 is 2.38 bits per heavy atom. The molecular weight excluding hydrogens is 423 g/mol. The van der Waals surface area contributed by atoms with Gasteiger partial charge in [-0.2, -0.15) is 13.2 Å². The van der Waals surface area contributed by atoms with Crippen molar-refractivity contribution in [1.29, 1.82) is 0 Å². The predicted octanol–water partition coefficient (Wildman–Crippen LogP) is 4.11. The smallest absolute Gasteiger partial charge is 0.416 e. The van der Waals surface area contributed by atoms with E-state index in [1.807, 2.05) is 7.05 Å². The Kier molecular flexibility index (Phi) is 7.40. The quantitative estimate of drug-likeness (QED) is 0.650. The normalized spacial score (nSPS) is 19.4. The van der Waals surface area contributed by atoms with Gasteiger partial charge in [0.15, 0.2) is 0 Å². The molecule has 3 N–H and O–H groups in total. The van der Waals surface area contributed by atoms with Crippen LogP contribution in [0.1, 0.15) is 45.9 Å². The van der Waals surface area contributed by atoms with Crippen LogP contribution in [0.2, 0.25) is 0 Å². The molecule has 1 aliphatic rings. The molecule has 0 unspecified atom stereocenters. The molecule has 9 heteroatoms. The standard InChI is InChI=1S/C23H26F3N3O3/c1-29-12-2-3-18(20(29)16-8-10-19(11-9-16)23(24,25)26)14-32-21(30)17-6-4-15(5-7-17)13-28-22(27)31/h4-11,18,20H,2-3,12-14H2,1H3,(H3,27,28,31)/t18-,20+/m0/s1. The van der Waals surface area contributed by atoms with Crippen LogP contribution in [-0.2, 0) is 17.5 Å². The summed E-state index contributed by atoms with van der Waals surface area (Å²) >= 11 is 0. The summed E-state index contributed by atoms with van der Waals surface area (Å²) in [6.45, 7) is 1.24. The lowest BCUT2D eigenvalue weighted by Gasteiger charge is -2.39. The maximum absolute atomic E-state index is 12.9. The van der Waals surface area contributed by atoms with Gasteiger partial charge in [0.05, 0.1) is 17.7 Å². The number of nitrogens with zero attached hydrogens (tertiary/aromatic N) is 1. The first kappa shape index (κ1) is 23.6. The highest BCUT2D eigenvalue weighted by atomic mass is 19.4. The number of esters is 1. The molecule has 2 aromatic rings. The molecule has 2 amide bonds. The highest BCUT2D eigenvalue weighted by molar-refractivity contribution is 5.89. The number of rotatable bonds is 6. The minimum absolute atomic E-state index is 0.0338. The predicted molar refractivity (Wildman–Crippen MR) is 113 cm³/mol. The van der Waals surface area contributed by atoms with E-state index in [1.54, 1.807) is 24.3 Å². The zero-order valence-electron chi connectivity index (χ0n) is 17.7. The summed E-state index contributed by atoms with van der Waals surface area (Å²) in [4.78, 5) is 25.4. The SMILES string of the molecule is CN1CCC[C@@H](COC(=O)c2ccc(CNC(N)=O)cc2)[C@H]1c1ccc(C(F)(F)F)cc1. The number of ether oxygens (including phenoxy) is 1. The second-order valence-corrected chi connectivity index (χ2v) is 7.96. The molecule has 3 rings (SSSR count). The zero-order chi connectivity index (χ0) is 23.3. The molecule has 2 atom stereocenters. The van der Waals surface area contributed by atoms with Crippen molar-refractivity contribution in [3.8, 4) is 0 Å². The largest absolute Gasteiger partial charge is 0.462 e. The maximum atomic E-state index is 12.9. The van der Waals surface area contributed by atoms with Crippen molar-refractivity contribution in [2.45, 2.75) is 31.6 Å². The van der Waals surface area contributed by atoms with Gasteiger partial charge in [-0.1, -0.05) is 24.3 Å². The fourth-order valence-electron chi connectivity index (χ4n) is 4.04. The van der Waals surface area contributed by atoms with Crippen molar-refractivity contribution < 1.29 is 27.5 Å². The number of nitrogens with one attached hydrogen (secondary N) is 1. The molecule has 172 valence electrons. The maximum Gasteiger partial charge on any atom is 0.416 e. The van der Waals surface area contributed by atoms with Gasteiger partial charge >= 0.3 is 18.2 Å². The number of benzene rings is 2. The molecule has 6 nitrogen and oxygen atoms in total. The number of carbonyl (C=O) groups excluding carboxylic acids is 2. The molecule has 0 aromatic heterocycles. The van der Waals surface area contributed by atoms with Gasteiger partial charge < -0.3 is 15.8 Å². The van der Waals surface area contributed by atoms with Crippen LogP contribution in [0.3, 0.4) is 0 Å². The summed E-state index contributed by atoms with van der Waals surface area (Å²) in [7, 11) is 1.93. The summed E-state index contributed by atoms with van der Waals surface area (Å²) in [6.07, 6.45) is -2.66. The highest BCUT2D eigenvalue weighted by Gasteiger charge is 2.34. The van der Waals surface area contributed by atoms with Crippen molar-refractivity contribution in [3.05, 3.63) is 70.8 Å². The van der Waals surface area contributed by atoms with Crippen LogP contribution in [0.25, 0.3) is 0 Å². The molecule has 0 spiro atoms. The summed E-state index contributed by atoms with van der Waals surface area (Å²) < 4.78 is 44.2. The lowest BCUT2D eigenvalue weighted by Crippen LogP contribution is -2.38. The van der Waals surface area contributed by atoms with Crippen LogP contribution in [0, 0.1) is 5.92 Å². The number of hydrogen-bond acceptors (Lipinski definition) is 4. The fraction of sp³-hybridized carbons (Fsp3) is 0.391. The van der Waals surface area contributed by atoms with Crippen LogP contribution in [0.4, 0.5) is 18.0 Å². The molecule has 1 saturated heterocycles. The van der Waals surface area contributed by atoms with E-state index in [1.165, 1.54) is 12.1 Å². The lowest BCUT2D eigenvalue weighted by atomic mass is 9.85. The number of likely N-dealkylation sites (tertiary alicyclic amines) is 1. The highest BCUT2D eigenvalue weighted by Crippen LogP contribution is 2.37. The number of hydrogen-bond donors (Lipinski definition) is 2. The molecule has 0 radical (unpaired) electrons. The van der Waals surface area contributed by atoms with Gasteiger partial charge in [0.1, 0.15) is 0 Å². The van der Waals surface area contributed by atoms with Crippen LogP contribution in [0.5, 0.6) is 0 Å². The van der Waals surface area contributed by atoms with E-state index in [2.05, 4.69) is 10.2 Å². The molecule has 0 saturated carbocycles. The minimum atomic E-state index is -4.38. The van der Waals surface area contributed by atoms with Crippen LogP contribution in [0.15, 0.2) is 48.5 Å². The number of amides is 2. The van der Waals surface area contributed by atoms with Crippen LogP contribution in [-0.4, -0.2) is 37.1 Å². The Balaban J connectivity index is 1.64. The monoisotopic (exact) mass is 449 g/mol. The van der Waals surface area contributed by atoms with Crippen molar-refractivity contribution in [2.75, 3.05) is 20.2 Å². The van der Waals surface area contributed by atoms with Crippen molar-refractivity contribution in [3.63, 3.8) is 0 Å². The number of nitrogens with two attached hydrogens (primary N) is 1. The van der Waals surface area contributed by atoms with Gasteiger partial charge in [0.2, 0.25) is 0 Å². The second-order valence-electron chi connectivity index (χ2n) is 7.96. The first-order chi connectivity index (χ1) is 15.1. The molecule has 1 aliphatic heterocycles. The summed E-state index contributed by atoms with van der Waals surface area (Å²) in [5.74, 6) is -0.507. The Morgan fingerprint density at radius 1 is 1.12 bits per heavy atom. The molecule has 1 heterocycles. The van der Waals surface area contributed by atoms with Gasteiger partial charge in [-0.3, -0.25) is 4.90 Å². The first-order valence-electron chi connectivity index (χ1n) is 10.3. The number of alkyl halides is 3. The zero-order valence-corrected chi connectivity index (χ0v) is 17.7. The average molecular weight is 449 g/mol. The molecule has 0 bridgehead atoms. The van der Waals surface area contributed by atoms with E-state index >= 15 is 0 Å². The number of primary amides is 1. The third-order valence-electron chi connectivity index (χ3n) is 5.67.